The zero-order valence-corrected chi connectivity index (χ0v) is 15.9. The fourth-order valence-corrected chi connectivity index (χ4v) is 4.89. The maximum atomic E-state index is 12.9. The Morgan fingerprint density at radius 3 is 3.04 bits per heavy atom. The number of alkyl halides is 1. The Labute approximate surface area is 165 Å². The first-order valence-electron chi connectivity index (χ1n) is 9.25. The van der Waals surface area contributed by atoms with Crippen molar-refractivity contribution in [1.82, 2.24) is 29.7 Å². The predicted molar refractivity (Wildman–Crippen MR) is 105 cm³/mol. The summed E-state index contributed by atoms with van der Waals surface area (Å²) in [4.78, 5) is 19.2. The van der Waals surface area contributed by atoms with Gasteiger partial charge >= 0.3 is 0 Å². The highest BCUT2D eigenvalue weighted by Crippen LogP contribution is 2.39. The highest BCUT2D eigenvalue weighted by molar-refractivity contribution is 8.03. The molecule has 3 aromatic heterocycles. The smallest absolute Gasteiger partial charge is 0.236 e. The molecular weight excluding hydrogens is 379 g/mol. The van der Waals surface area contributed by atoms with Crippen LogP contribution in [0.25, 0.3) is 22.3 Å². The number of nitrogens with zero attached hydrogens (tertiary/aromatic N) is 5. The van der Waals surface area contributed by atoms with Gasteiger partial charge in [-0.3, -0.25) is 14.3 Å². The van der Waals surface area contributed by atoms with E-state index in [1.165, 1.54) is 11.8 Å². The van der Waals surface area contributed by atoms with Crippen LogP contribution in [-0.2, 0) is 4.79 Å². The third-order valence-electron chi connectivity index (χ3n) is 5.40. The third-order valence-corrected chi connectivity index (χ3v) is 6.52. The average molecular weight is 398 g/mol. The van der Waals surface area contributed by atoms with Crippen molar-refractivity contribution in [3.05, 3.63) is 42.0 Å². The topological polar surface area (TPSA) is 79.2 Å². The molecule has 0 bridgehead atoms. The molecule has 0 aromatic carbocycles. The van der Waals surface area contributed by atoms with Crippen LogP contribution in [-0.4, -0.2) is 60.6 Å². The maximum absolute atomic E-state index is 12.9. The Balaban J connectivity index is 1.33. The molecule has 7 nitrogen and oxygen atoms in total. The Hall–Kier alpha value is -2.68. The summed E-state index contributed by atoms with van der Waals surface area (Å²) in [5.41, 5.74) is 4.67. The number of thioether (sulfide) groups is 1. The molecule has 0 spiro atoms. The molecule has 0 saturated carbocycles. The molecule has 1 amide bonds. The molecule has 2 aliphatic heterocycles. The molecule has 3 aromatic rings. The zero-order valence-electron chi connectivity index (χ0n) is 15.1. The van der Waals surface area contributed by atoms with E-state index >= 15 is 0 Å². The number of rotatable bonds is 4. The fourth-order valence-electron chi connectivity index (χ4n) is 3.80. The van der Waals surface area contributed by atoms with E-state index in [1.807, 2.05) is 22.7 Å². The number of H-pyrrole nitrogens is 1. The number of hydrogen-bond acceptors (Lipinski definition) is 5. The van der Waals surface area contributed by atoms with Crippen molar-refractivity contribution in [2.24, 2.45) is 5.92 Å². The van der Waals surface area contributed by atoms with Gasteiger partial charge in [-0.2, -0.15) is 10.2 Å². The molecule has 0 radical (unpaired) electrons. The lowest BCUT2D eigenvalue weighted by Gasteiger charge is -2.20. The summed E-state index contributed by atoms with van der Waals surface area (Å²) in [6.45, 7) is 0.853. The molecule has 2 unspecified atom stereocenters. The highest BCUT2D eigenvalue weighted by atomic mass is 32.2. The number of allylic oxidation sites excluding steroid dienone is 1. The van der Waals surface area contributed by atoms with Crippen molar-refractivity contribution in [3.8, 4) is 11.1 Å². The molecule has 1 N–H and O–H groups in total. The summed E-state index contributed by atoms with van der Waals surface area (Å²) < 4.78 is 14.6. The van der Waals surface area contributed by atoms with Crippen LogP contribution in [0.1, 0.15) is 18.4 Å². The number of aromatic nitrogens is 5. The highest BCUT2D eigenvalue weighted by Gasteiger charge is 2.34. The standard InChI is InChI=1S/C19H19FN6OS/c20-4-12-1-2-25(9-12)19(27)17-3-13(11-28-17)16-8-24-26-10-15(5-21-18(16)26)14-6-22-23-7-14/h5-8,10-12,17H,1-4,9H2,(H,22,23). The van der Waals surface area contributed by atoms with Crippen molar-refractivity contribution in [1.29, 1.82) is 0 Å². The molecule has 2 atom stereocenters. The first kappa shape index (κ1) is 17.4. The molecule has 144 valence electrons. The van der Waals surface area contributed by atoms with Crippen LogP contribution in [0.15, 0.2) is 36.4 Å². The van der Waals surface area contributed by atoms with E-state index in [0.29, 0.717) is 19.5 Å². The van der Waals surface area contributed by atoms with E-state index in [1.54, 1.807) is 23.1 Å². The minimum absolute atomic E-state index is 0.00368. The Bertz CT molecular complexity index is 1050. The Kier molecular flexibility index (Phi) is 4.38. The minimum atomic E-state index is -0.347. The fraction of sp³-hybridized carbons (Fsp3) is 0.368. The molecule has 5 heterocycles. The summed E-state index contributed by atoms with van der Waals surface area (Å²) in [6, 6.07) is 0. The number of halogens is 1. The third kappa shape index (κ3) is 2.99. The normalized spacial score (nSPS) is 22.2. The molecule has 1 saturated heterocycles. The molecule has 1 fully saturated rings. The van der Waals surface area contributed by atoms with Crippen LogP contribution in [0.2, 0.25) is 0 Å². The second kappa shape index (κ2) is 7.05. The summed E-state index contributed by atoms with van der Waals surface area (Å²) in [5.74, 6) is 0.106. The van der Waals surface area contributed by atoms with Gasteiger partial charge in [-0.05, 0) is 23.8 Å². The van der Waals surface area contributed by atoms with Crippen LogP contribution in [0.4, 0.5) is 4.39 Å². The second-order valence-electron chi connectivity index (χ2n) is 7.22. The van der Waals surface area contributed by atoms with Gasteiger partial charge in [0.2, 0.25) is 5.91 Å². The van der Waals surface area contributed by atoms with Gasteiger partial charge in [-0.1, -0.05) is 0 Å². The average Bonchev–Trinajstić information content (AvgIpc) is 3.52. The van der Waals surface area contributed by atoms with Gasteiger partial charge in [0, 0.05) is 54.3 Å². The lowest BCUT2D eigenvalue weighted by molar-refractivity contribution is -0.129. The largest absolute Gasteiger partial charge is 0.341 e. The van der Waals surface area contributed by atoms with Gasteiger partial charge in [0.05, 0.1) is 24.3 Å². The van der Waals surface area contributed by atoms with Crippen molar-refractivity contribution in [2.45, 2.75) is 18.1 Å². The predicted octanol–water partition coefficient (Wildman–Crippen LogP) is 2.78. The number of hydrogen-bond donors (Lipinski definition) is 1. The number of fused-ring (bicyclic) bond motifs is 1. The van der Waals surface area contributed by atoms with Crippen molar-refractivity contribution in [2.75, 3.05) is 19.8 Å². The summed E-state index contributed by atoms with van der Waals surface area (Å²) in [6.07, 6.45) is 10.5. The number of aromatic amines is 1. The van der Waals surface area contributed by atoms with Gasteiger partial charge in [-0.25, -0.2) is 9.50 Å². The van der Waals surface area contributed by atoms with E-state index in [2.05, 4.69) is 20.3 Å². The summed E-state index contributed by atoms with van der Waals surface area (Å²) in [7, 11) is 0. The van der Waals surface area contributed by atoms with E-state index in [9.17, 15) is 9.18 Å². The molecule has 2 aliphatic rings. The number of carbonyl (C=O) groups is 1. The number of likely N-dealkylation sites (tertiary alicyclic amines) is 1. The van der Waals surface area contributed by atoms with Crippen molar-refractivity contribution in [3.63, 3.8) is 0 Å². The lowest BCUT2D eigenvalue weighted by atomic mass is 10.1. The summed E-state index contributed by atoms with van der Waals surface area (Å²) >= 11 is 1.54. The minimum Gasteiger partial charge on any atom is -0.341 e. The van der Waals surface area contributed by atoms with Gasteiger partial charge in [-0.15, -0.1) is 11.8 Å². The van der Waals surface area contributed by atoms with Crippen LogP contribution in [0.3, 0.4) is 0 Å². The number of carbonyl (C=O) groups excluding carboxylic acids is 1. The quantitative estimate of drug-likeness (QED) is 0.731. The zero-order chi connectivity index (χ0) is 19.1. The van der Waals surface area contributed by atoms with Gasteiger partial charge in [0.15, 0.2) is 5.65 Å². The molecule has 5 rings (SSSR count). The van der Waals surface area contributed by atoms with Crippen molar-refractivity contribution < 1.29 is 9.18 Å². The maximum Gasteiger partial charge on any atom is 0.236 e. The van der Waals surface area contributed by atoms with Crippen LogP contribution in [0.5, 0.6) is 0 Å². The van der Waals surface area contributed by atoms with Crippen LogP contribution >= 0.6 is 11.8 Å². The van der Waals surface area contributed by atoms with Crippen LogP contribution in [0, 0.1) is 5.92 Å². The summed E-state index contributed by atoms with van der Waals surface area (Å²) in [5, 5.41) is 13.1. The first-order valence-corrected chi connectivity index (χ1v) is 10.2. The van der Waals surface area contributed by atoms with E-state index in [-0.39, 0.29) is 23.7 Å². The number of amides is 1. The molecule has 0 aliphatic carbocycles. The van der Waals surface area contributed by atoms with Gasteiger partial charge in [0.25, 0.3) is 0 Å². The van der Waals surface area contributed by atoms with E-state index in [4.69, 9.17) is 0 Å². The van der Waals surface area contributed by atoms with Crippen LogP contribution < -0.4 is 0 Å². The van der Waals surface area contributed by atoms with Gasteiger partial charge in [0.1, 0.15) is 0 Å². The monoisotopic (exact) mass is 398 g/mol. The molecular formula is C19H19FN6OS. The molecule has 28 heavy (non-hydrogen) atoms. The van der Waals surface area contributed by atoms with Crippen molar-refractivity contribution >= 4 is 28.9 Å². The molecule has 9 heteroatoms. The van der Waals surface area contributed by atoms with E-state index in [0.717, 1.165) is 34.3 Å². The van der Waals surface area contributed by atoms with E-state index < -0.39 is 0 Å². The van der Waals surface area contributed by atoms with Gasteiger partial charge < -0.3 is 4.90 Å². The Morgan fingerprint density at radius 1 is 1.32 bits per heavy atom. The second-order valence-corrected chi connectivity index (χ2v) is 8.30. The number of nitrogens with one attached hydrogen (secondary N) is 1. The lowest BCUT2D eigenvalue weighted by Crippen LogP contribution is -2.35. The Morgan fingerprint density at radius 2 is 2.25 bits per heavy atom. The SMILES string of the molecule is O=C(C1CC(c2cnn3cc(-c4cn[nH]c4)cnc23)=CS1)N1CCC(CF)C1. The first-order chi connectivity index (χ1) is 13.7.